The molecule has 0 spiro atoms. The van der Waals surface area contributed by atoms with Gasteiger partial charge in [-0.1, -0.05) is 90.5 Å². The topological polar surface area (TPSA) is 61.2 Å². The molecule has 0 fully saturated rings. The van der Waals surface area contributed by atoms with E-state index in [0.29, 0.717) is 11.3 Å². The third-order valence-electron chi connectivity index (χ3n) is 5.16. The number of esters is 1. The summed E-state index contributed by atoms with van der Waals surface area (Å²) in [6, 6.07) is 26.8. The van der Waals surface area contributed by atoms with Crippen LogP contribution in [0.2, 0.25) is 0 Å². The summed E-state index contributed by atoms with van der Waals surface area (Å²) in [7, 11) is 0. The van der Waals surface area contributed by atoms with Crippen molar-refractivity contribution in [1.29, 1.82) is 0 Å². The molecule has 0 radical (unpaired) electrons. The molecule has 0 saturated heterocycles. The zero-order valence-corrected chi connectivity index (χ0v) is 18.1. The van der Waals surface area contributed by atoms with Crippen LogP contribution >= 0.6 is 0 Å². The summed E-state index contributed by atoms with van der Waals surface area (Å²) in [5.41, 5.74) is 4.15. The molecule has 160 valence electrons. The summed E-state index contributed by atoms with van der Waals surface area (Å²) in [4.78, 5) is 26.6. The van der Waals surface area contributed by atoms with E-state index >= 15 is 0 Å². The molecule has 32 heavy (non-hydrogen) atoms. The Morgan fingerprint density at radius 2 is 1.56 bits per heavy atom. The summed E-state index contributed by atoms with van der Waals surface area (Å²) >= 11 is 0. The molecule has 0 aliphatic carbocycles. The number of benzene rings is 3. The second kappa shape index (κ2) is 9.43. The number of nitrogens with zero attached hydrogens (tertiary/aromatic N) is 2. The molecule has 1 heterocycles. The lowest BCUT2D eigenvalue weighted by Gasteiger charge is -2.17. The molecule has 0 aliphatic rings. The number of carbonyl (C=O) groups excluding carboxylic acids is 1. The Balaban J connectivity index is 2.02. The van der Waals surface area contributed by atoms with Gasteiger partial charge >= 0.3 is 5.97 Å². The Bertz CT molecular complexity index is 1300. The van der Waals surface area contributed by atoms with Crippen molar-refractivity contribution >= 4 is 5.97 Å². The largest absolute Gasteiger partial charge is 0.462 e. The number of aromatic nitrogens is 2. The molecule has 0 amide bonds. The maximum atomic E-state index is 13.6. The first kappa shape index (κ1) is 21.2. The summed E-state index contributed by atoms with van der Waals surface area (Å²) in [6.45, 7) is 4.15. The van der Waals surface area contributed by atoms with Gasteiger partial charge in [0.25, 0.3) is 5.56 Å². The van der Waals surface area contributed by atoms with E-state index in [9.17, 15) is 9.59 Å². The van der Waals surface area contributed by atoms with Gasteiger partial charge in [0.05, 0.1) is 18.8 Å². The van der Waals surface area contributed by atoms with Crippen molar-refractivity contribution in [3.05, 3.63) is 112 Å². The van der Waals surface area contributed by atoms with Gasteiger partial charge in [-0.3, -0.25) is 4.79 Å². The van der Waals surface area contributed by atoms with Gasteiger partial charge in [-0.25, -0.2) is 9.48 Å². The number of hydrogen-bond donors (Lipinski definition) is 0. The van der Waals surface area contributed by atoms with Crippen LogP contribution < -0.4 is 5.56 Å². The highest BCUT2D eigenvalue weighted by atomic mass is 16.5. The molecule has 4 aromatic rings. The van der Waals surface area contributed by atoms with E-state index in [1.54, 1.807) is 6.92 Å². The average molecular weight is 425 g/mol. The maximum Gasteiger partial charge on any atom is 0.344 e. The van der Waals surface area contributed by atoms with Crippen molar-refractivity contribution < 1.29 is 9.53 Å². The van der Waals surface area contributed by atoms with Crippen molar-refractivity contribution in [3.63, 3.8) is 0 Å². The van der Waals surface area contributed by atoms with Gasteiger partial charge in [-0.2, -0.15) is 5.10 Å². The number of rotatable bonds is 6. The highest BCUT2D eigenvalue weighted by Crippen LogP contribution is 2.32. The number of hydrogen-bond acceptors (Lipinski definition) is 4. The van der Waals surface area contributed by atoms with Crippen LogP contribution in [0.1, 0.15) is 28.4 Å². The second-order valence-corrected chi connectivity index (χ2v) is 7.50. The predicted molar refractivity (Wildman–Crippen MR) is 126 cm³/mol. The van der Waals surface area contributed by atoms with Crippen LogP contribution in [0.15, 0.2) is 89.7 Å². The summed E-state index contributed by atoms with van der Waals surface area (Å²) in [5.74, 6) is -0.645. The Morgan fingerprint density at radius 3 is 2.19 bits per heavy atom. The van der Waals surface area contributed by atoms with Crippen LogP contribution in [0.25, 0.3) is 22.4 Å². The molecule has 5 heteroatoms. The fourth-order valence-electron chi connectivity index (χ4n) is 3.74. The summed E-state index contributed by atoms with van der Waals surface area (Å²) in [5, 5.41) is 4.74. The van der Waals surface area contributed by atoms with E-state index in [1.165, 1.54) is 4.68 Å². The first-order valence-corrected chi connectivity index (χ1v) is 10.6. The first-order chi connectivity index (χ1) is 15.6. The van der Waals surface area contributed by atoms with E-state index < -0.39 is 11.5 Å². The molecule has 0 saturated carbocycles. The zero-order valence-electron chi connectivity index (χ0n) is 18.1. The monoisotopic (exact) mass is 424 g/mol. The van der Waals surface area contributed by atoms with Crippen molar-refractivity contribution in [2.75, 3.05) is 6.61 Å². The molecule has 0 aliphatic heterocycles. The van der Waals surface area contributed by atoms with E-state index in [-0.39, 0.29) is 18.7 Å². The molecule has 4 rings (SSSR count). The van der Waals surface area contributed by atoms with Crippen molar-refractivity contribution in [3.8, 4) is 22.4 Å². The molecule has 3 aromatic carbocycles. The Morgan fingerprint density at radius 1 is 0.906 bits per heavy atom. The molecule has 0 atom stereocenters. The fourth-order valence-corrected chi connectivity index (χ4v) is 3.74. The Kier molecular flexibility index (Phi) is 6.26. The second-order valence-electron chi connectivity index (χ2n) is 7.50. The molecule has 0 bridgehead atoms. The van der Waals surface area contributed by atoms with E-state index in [2.05, 4.69) is 0 Å². The highest BCUT2D eigenvalue weighted by Gasteiger charge is 2.26. The van der Waals surface area contributed by atoms with Crippen LogP contribution in [0, 0.1) is 6.92 Å². The van der Waals surface area contributed by atoms with Gasteiger partial charge in [0.2, 0.25) is 0 Å². The minimum atomic E-state index is -0.645. The quantitative estimate of drug-likeness (QED) is 0.404. The molecule has 5 nitrogen and oxygen atoms in total. The van der Waals surface area contributed by atoms with E-state index in [1.807, 2.05) is 91.9 Å². The predicted octanol–water partition coefficient (Wildman–Crippen LogP) is 5.11. The highest BCUT2D eigenvalue weighted by molar-refractivity contribution is 6.00. The minimum Gasteiger partial charge on any atom is -0.462 e. The zero-order chi connectivity index (χ0) is 22.5. The standard InChI is InChI=1S/C27H24N2O3/c1-3-32-27(31)24-23(21-13-6-4-7-14-21)25(22-15-8-5-9-16-22)28-29(26(24)30)18-20-12-10-11-19(2)17-20/h4-17H,3,18H2,1-2H3. The van der Waals surface area contributed by atoms with Gasteiger partial charge in [0.1, 0.15) is 5.56 Å². The van der Waals surface area contributed by atoms with Crippen LogP contribution in [-0.4, -0.2) is 22.4 Å². The molecular weight excluding hydrogens is 400 g/mol. The lowest BCUT2D eigenvalue weighted by molar-refractivity contribution is 0.0524. The average Bonchev–Trinajstić information content (AvgIpc) is 2.81. The SMILES string of the molecule is CCOC(=O)c1c(-c2ccccc2)c(-c2ccccc2)nn(Cc2cccc(C)c2)c1=O. The molecule has 0 N–H and O–H groups in total. The smallest absolute Gasteiger partial charge is 0.344 e. The number of aryl methyl sites for hydroxylation is 1. The van der Waals surface area contributed by atoms with Gasteiger partial charge in [0, 0.05) is 11.1 Å². The Labute approximate surface area is 186 Å². The maximum absolute atomic E-state index is 13.6. The normalized spacial score (nSPS) is 10.7. The number of ether oxygens (including phenoxy) is 1. The molecule has 1 aromatic heterocycles. The van der Waals surface area contributed by atoms with Crippen molar-refractivity contribution in [2.24, 2.45) is 0 Å². The van der Waals surface area contributed by atoms with Crippen LogP contribution in [0.5, 0.6) is 0 Å². The number of carbonyl (C=O) groups is 1. The third-order valence-corrected chi connectivity index (χ3v) is 5.16. The third kappa shape index (κ3) is 4.37. The lowest BCUT2D eigenvalue weighted by atomic mass is 9.95. The van der Waals surface area contributed by atoms with Crippen LogP contribution in [0.4, 0.5) is 0 Å². The summed E-state index contributed by atoms with van der Waals surface area (Å²) < 4.78 is 6.66. The Hall–Kier alpha value is -3.99. The van der Waals surface area contributed by atoms with Crippen molar-refractivity contribution in [2.45, 2.75) is 20.4 Å². The minimum absolute atomic E-state index is 0.000411. The van der Waals surface area contributed by atoms with Crippen molar-refractivity contribution in [1.82, 2.24) is 9.78 Å². The first-order valence-electron chi connectivity index (χ1n) is 10.6. The van der Waals surface area contributed by atoms with Gasteiger partial charge in [0.15, 0.2) is 0 Å². The van der Waals surface area contributed by atoms with Crippen LogP contribution in [-0.2, 0) is 11.3 Å². The van der Waals surface area contributed by atoms with E-state index in [4.69, 9.17) is 9.84 Å². The fraction of sp³-hybridized carbons (Fsp3) is 0.148. The summed E-state index contributed by atoms with van der Waals surface area (Å²) in [6.07, 6.45) is 0. The molecule has 0 unspecified atom stereocenters. The van der Waals surface area contributed by atoms with Gasteiger partial charge < -0.3 is 4.74 Å². The molecular formula is C27H24N2O3. The van der Waals surface area contributed by atoms with Gasteiger partial charge in [-0.15, -0.1) is 0 Å². The van der Waals surface area contributed by atoms with E-state index in [0.717, 1.165) is 22.3 Å². The lowest BCUT2D eigenvalue weighted by Crippen LogP contribution is -2.31. The van der Waals surface area contributed by atoms with Crippen LogP contribution in [0.3, 0.4) is 0 Å². The van der Waals surface area contributed by atoms with Gasteiger partial charge in [-0.05, 0) is 25.0 Å².